The van der Waals surface area contributed by atoms with Gasteiger partial charge >= 0.3 is 0 Å². The number of carbonyl (C=O) groups excluding carboxylic acids is 1. The standard InChI is InChI=1S/C8H15NO3/c1-5(10)9-6-3-2-4-7(11)8(6)12/h5-7,9-11H,2-4H2,1H3. The van der Waals surface area contributed by atoms with Crippen molar-refractivity contribution >= 4 is 5.78 Å². The predicted octanol–water partition coefficient (Wildman–Crippen LogP) is -0.603. The number of hydrogen-bond donors (Lipinski definition) is 3. The molecule has 4 nitrogen and oxygen atoms in total. The van der Waals surface area contributed by atoms with Crippen molar-refractivity contribution in [2.24, 2.45) is 0 Å². The molecule has 0 amide bonds. The minimum atomic E-state index is -0.838. The first-order chi connectivity index (χ1) is 5.61. The van der Waals surface area contributed by atoms with E-state index >= 15 is 0 Å². The van der Waals surface area contributed by atoms with Crippen LogP contribution in [0.1, 0.15) is 26.2 Å². The topological polar surface area (TPSA) is 69.6 Å². The summed E-state index contributed by atoms with van der Waals surface area (Å²) in [7, 11) is 0. The number of hydrogen-bond acceptors (Lipinski definition) is 4. The van der Waals surface area contributed by atoms with E-state index in [1.165, 1.54) is 0 Å². The van der Waals surface area contributed by atoms with Gasteiger partial charge in [0.25, 0.3) is 0 Å². The summed E-state index contributed by atoms with van der Waals surface area (Å²) in [6, 6.07) is -0.367. The molecule has 0 radical (unpaired) electrons. The van der Waals surface area contributed by atoms with E-state index in [0.717, 1.165) is 6.42 Å². The Morgan fingerprint density at radius 3 is 2.83 bits per heavy atom. The van der Waals surface area contributed by atoms with Crippen LogP contribution in [0.4, 0.5) is 0 Å². The minimum Gasteiger partial charge on any atom is -0.385 e. The lowest BCUT2D eigenvalue weighted by Crippen LogP contribution is -2.48. The maximum atomic E-state index is 11.2. The van der Waals surface area contributed by atoms with E-state index in [1.807, 2.05) is 0 Å². The highest BCUT2D eigenvalue weighted by Gasteiger charge is 2.29. The second kappa shape index (κ2) is 3.98. The van der Waals surface area contributed by atoms with Crippen LogP contribution in [-0.2, 0) is 4.79 Å². The van der Waals surface area contributed by atoms with Crippen molar-refractivity contribution in [3.63, 3.8) is 0 Å². The summed E-state index contributed by atoms with van der Waals surface area (Å²) in [6.07, 6.45) is 0.564. The molecule has 12 heavy (non-hydrogen) atoms. The highest BCUT2D eigenvalue weighted by Crippen LogP contribution is 2.15. The van der Waals surface area contributed by atoms with Gasteiger partial charge in [0.2, 0.25) is 0 Å². The maximum absolute atomic E-state index is 11.2. The molecule has 3 atom stereocenters. The number of ketones is 1. The van der Waals surface area contributed by atoms with E-state index in [1.54, 1.807) is 6.92 Å². The van der Waals surface area contributed by atoms with E-state index in [-0.39, 0.29) is 11.8 Å². The smallest absolute Gasteiger partial charge is 0.178 e. The van der Waals surface area contributed by atoms with Crippen LogP contribution in [0.25, 0.3) is 0 Å². The van der Waals surface area contributed by atoms with Gasteiger partial charge in [-0.15, -0.1) is 0 Å². The van der Waals surface area contributed by atoms with Crippen molar-refractivity contribution in [3.8, 4) is 0 Å². The van der Waals surface area contributed by atoms with Crippen LogP contribution in [0, 0.1) is 0 Å². The van der Waals surface area contributed by atoms with Crippen molar-refractivity contribution in [1.82, 2.24) is 5.32 Å². The molecule has 0 aromatic heterocycles. The second-order valence-electron chi connectivity index (χ2n) is 3.24. The summed E-state index contributed by atoms with van der Waals surface area (Å²) < 4.78 is 0. The average Bonchev–Trinajstić information content (AvgIpc) is 1.98. The fourth-order valence-electron chi connectivity index (χ4n) is 1.49. The van der Waals surface area contributed by atoms with Crippen molar-refractivity contribution < 1.29 is 15.0 Å². The van der Waals surface area contributed by atoms with E-state index < -0.39 is 12.3 Å². The Bertz CT molecular complexity index is 170. The van der Waals surface area contributed by atoms with Gasteiger partial charge in [-0.1, -0.05) is 0 Å². The zero-order chi connectivity index (χ0) is 9.14. The van der Waals surface area contributed by atoms with Crippen LogP contribution in [-0.4, -0.2) is 34.4 Å². The van der Waals surface area contributed by atoms with Crippen LogP contribution in [0.15, 0.2) is 0 Å². The van der Waals surface area contributed by atoms with Crippen LogP contribution < -0.4 is 5.32 Å². The highest BCUT2D eigenvalue weighted by atomic mass is 16.3. The third-order valence-electron chi connectivity index (χ3n) is 2.08. The number of aliphatic hydroxyl groups excluding tert-OH is 2. The molecule has 0 heterocycles. The molecule has 1 rings (SSSR count). The van der Waals surface area contributed by atoms with Gasteiger partial charge in [-0.25, -0.2) is 0 Å². The van der Waals surface area contributed by atoms with E-state index in [2.05, 4.69) is 5.32 Å². The number of rotatable bonds is 2. The lowest BCUT2D eigenvalue weighted by Gasteiger charge is -2.26. The lowest BCUT2D eigenvalue weighted by molar-refractivity contribution is -0.132. The number of Topliss-reactive ketones (excluding diaryl/α,β-unsaturated/α-hetero) is 1. The van der Waals surface area contributed by atoms with Gasteiger partial charge in [0.05, 0.1) is 6.04 Å². The van der Waals surface area contributed by atoms with Gasteiger partial charge in [-0.05, 0) is 26.2 Å². The Morgan fingerprint density at radius 1 is 1.58 bits per heavy atom. The quantitative estimate of drug-likeness (QED) is 0.487. The van der Waals surface area contributed by atoms with Crippen molar-refractivity contribution in [1.29, 1.82) is 0 Å². The Labute approximate surface area is 71.6 Å². The van der Waals surface area contributed by atoms with Gasteiger partial charge in [0, 0.05) is 0 Å². The zero-order valence-corrected chi connectivity index (χ0v) is 7.16. The Balaban J connectivity index is 2.46. The summed E-state index contributed by atoms with van der Waals surface area (Å²) in [4.78, 5) is 11.2. The summed E-state index contributed by atoms with van der Waals surface area (Å²) in [5.74, 6) is -0.192. The number of aliphatic hydroxyl groups is 2. The molecular weight excluding hydrogens is 158 g/mol. The van der Waals surface area contributed by atoms with Crippen LogP contribution in [0.5, 0.6) is 0 Å². The molecule has 3 N–H and O–H groups in total. The molecular formula is C8H15NO3. The molecule has 0 aromatic carbocycles. The van der Waals surface area contributed by atoms with Crippen LogP contribution in [0.2, 0.25) is 0 Å². The van der Waals surface area contributed by atoms with E-state index in [0.29, 0.717) is 12.8 Å². The first-order valence-corrected chi connectivity index (χ1v) is 4.27. The predicted molar refractivity (Wildman–Crippen MR) is 43.5 cm³/mol. The average molecular weight is 173 g/mol. The summed E-state index contributed by atoms with van der Waals surface area (Å²) >= 11 is 0. The molecule has 3 unspecified atom stereocenters. The monoisotopic (exact) mass is 173 g/mol. The minimum absolute atomic E-state index is 0.192. The highest BCUT2D eigenvalue weighted by molar-refractivity contribution is 5.88. The van der Waals surface area contributed by atoms with Gasteiger partial charge in [-0.3, -0.25) is 10.1 Å². The maximum Gasteiger partial charge on any atom is 0.178 e. The van der Waals surface area contributed by atoms with Crippen molar-refractivity contribution in [3.05, 3.63) is 0 Å². The second-order valence-corrected chi connectivity index (χ2v) is 3.24. The van der Waals surface area contributed by atoms with Crippen molar-refractivity contribution in [2.45, 2.75) is 44.6 Å². The molecule has 1 saturated carbocycles. The van der Waals surface area contributed by atoms with Crippen molar-refractivity contribution in [2.75, 3.05) is 0 Å². The van der Waals surface area contributed by atoms with Gasteiger partial charge in [0.1, 0.15) is 12.3 Å². The Kier molecular flexibility index (Phi) is 3.20. The molecule has 1 fully saturated rings. The summed E-state index contributed by atoms with van der Waals surface area (Å²) in [5, 5.41) is 20.9. The summed E-state index contributed by atoms with van der Waals surface area (Å²) in [5.41, 5.74) is 0. The Morgan fingerprint density at radius 2 is 2.25 bits per heavy atom. The van der Waals surface area contributed by atoms with E-state index in [4.69, 9.17) is 5.11 Å². The third kappa shape index (κ3) is 2.27. The first-order valence-electron chi connectivity index (χ1n) is 4.27. The molecule has 0 bridgehead atoms. The molecule has 0 saturated heterocycles. The molecule has 0 aromatic rings. The zero-order valence-electron chi connectivity index (χ0n) is 7.16. The number of carbonyl (C=O) groups is 1. The largest absolute Gasteiger partial charge is 0.385 e. The van der Waals surface area contributed by atoms with Crippen LogP contribution in [0.3, 0.4) is 0 Å². The summed E-state index contributed by atoms with van der Waals surface area (Å²) in [6.45, 7) is 1.56. The molecule has 1 aliphatic carbocycles. The number of nitrogens with one attached hydrogen (secondary N) is 1. The first kappa shape index (κ1) is 9.64. The van der Waals surface area contributed by atoms with E-state index in [9.17, 15) is 9.90 Å². The fourth-order valence-corrected chi connectivity index (χ4v) is 1.49. The Hall–Kier alpha value is -0.450. The molecule has 0 spiro atoms. The molecule has 1 aliphatic rings. The normalized spacial score (nSPS) is 33.4. The lowest BCUT2D eigenvalue weighted by atomic mass is 9.91. The van der Waals surface area contributed by atoms with Gasteiger partial charge in [-0.2, -0.15) is 0 Å². The SMILES string of the molecule is CC(O)NC1CCCC(O)C1=O. The molecule has 4 heteroatoms. The van der Waals surface area contributed by atoms with Crippen LogP contribution >= 0.6 is 0 Å². The van der Waals surface area contributed by atoms with Gasteiger partial charge in [0.15, 0.2) is 5.78 Å². The van der Waals surface area contributed by atoms with Gasteiger partial charge < -0.3 is 10.2 Å². The molecule has 70 valence electrons. The molecule has 0 aliphatic heterocycles. The third-order valence-corrected chi connectivity index (χ3v) is 2.08. The fraction of sp³-hybridized carbons (Fsp3) is 0.875.